The maximum absolute atomic E-state index is 13.5. The maximum Gasteiger partial charge on any atom is 0.274 e. The van der Waals surface area contributed by atoms with E-state index in [1.54, 1.807) is 43.0 Å². The fraction of sp³-hybridized carbons (Fsp3) is 0.292. The summed E-state index contributed by atoms with van der Waals surface area (Å²) >= 11 is 0. The lowest BCUT2D eigenvalue weighted by atomic mass is 10.1. The highest BCUT2D eigenvalue weighted by Crippen LogP contribution is 2.30. The normalized spacial score (nSPS) is 10.7. The van der Waals surface area contributed by atoms with E-state index in [-0.39, 0.29) is 36.4 Å². The first-order valence-electron chi connectivity index (χ1n) is 10.4. The van der Waals surface area contributed by atoms with Crippen molar-refractivity contribution in [2.75, 3.05) is 39.3 Å². The molecule has 0 radical (unpaired) electrons. The summed E-state index contributed by atoms with van der Waals surface area (Å²) in [6.07, 6.45) is 1.01. The Balaban J connectivity index is 2.19. The van der Waals surface area contributed by atoms with E-state index in [4.69, 9.17) is 9.84 Å². The summed E-state index contributed by atoms with van der Waals surface area (Å²) < 4.78 is 20.4. The van der Waals surface area contributed by atoms with Crippen LogP contribution in [-0.4, -0.2) is 66.2 Å². The molecule has 174 valence electrons. The van der Waals surface area contributed by atoms with Gasteiger partial charge < -0.3 is 24.2 Å². The number of ether oxygens (including phenoxy) is 1. The van der Waals surface area contributed by atoms with Crippen LogP contribution >= 0.6 is 0 Å². The van der Waals surface area contributed by atoms with E-state index in [1.807, 2.05) is 12.1 Å². The van der Waals surface area contributed by atoms with Gasteiger partial charge in [-0.25, -0.2) is 9.37 Å². The number of aliphatic hydroxyl groups is 1. The van der Waals surface area contributed by atoms with Gasteiger partial charge in [-0.15, -0.1) is 0 Å². The minimum atomic E-state index is -0.360. The average molecular weight is 455 g/mol. The highest BCUT2D eigenvalue weighted by atomic mass is 19.1. The van der Waals surface area contributed by atoms with Gasteiger partial charge in [0.15, 0.2) is 11.5 Å². The van der Waals surface area contributed by atoms with Gasteiger partial charge in [0.1, 0.15) is 17.4 Å². The average Bonchev–Trinajstić information content (AvgIpc) is 3.21. The number of benzene rings is 2. The minimum Gasteiger partial charge on any atom is -0.497 e. The first-order valence-corrected chi connectivity index (χ1v) is 10.4. The molecule has 0 unspecified atom stereocenters. The van der Waals surface area contributed by atoms with E-state index in [2.05, 4.69) is 4.98 Å². The molecule has 9 heteroatoms. The predicted octanol–water partition coefficient (Wildman–Crippen LogP) is 2.79. The molecular formula is C24H27FN4O4. The second-order valence-corrected chi connectivity index (χ2v) is 7.57. The molecule has 0 saturated carbocycles. The van der Waals surface area contributed by atoms with Crippen molar-refractivity contribution in [3.63, 3.8) is 0 Å². The number of rotatable bonds is 10. The molecule has 1 N–H and O–H groups in total. The summed E-state index contributed by atoms with van der Waals surface area (Å²) in [5.74, 6) is 0.645. The third-order valence-electron chi connectivity index (χ3n) is 5.24. The summed E-state index contributed by atoms with van der Waals surface area (Å²) in [6.45, 7) is 0.514. The van der Waals surface area contributed by atoms with Gasteiger partial charge in [0, 0.05) is 39.4 Å². The third kappa shape index (κ3) is 5.38. The van der Waals surface area contributed by atoms with E-state index < -0.39 is 0 Å². The fourth-order valence-electron chi connectivity index (χ4n) is 3.42. The van der Waals surface area contributed by atoms with Gasteiger partial charge in [-0.2, -0.15) is 0 Å². The Morgan fingerprint density at radius 1 is 1.15 bits per heavy atom. The zero-order valence-corrected chi connectivity index (χ0v) is 18.9. The van der Waals surface area contributed by atoms with Gasteiger partial charge >= 0.3 is 0 Å². The molecule has 3 rings (SSSR count). The maximum atomic E-state index is 13.5. The lowest BCUT2D eigenvalue weighted by molar-refractivity contribution is -0.107. The molecule has 1 aromatic heterocycles. The smallest absolute Gasteiger partial charge is 0.274 e. The highest BCUT2D eigenvalue weighted by molar-refractivity contribution is 6.00. The molecule has 2 amide bonds. The minimum absolute atomic E-state index is 0.0509. The molecule has 0 fully saturated rings. The van der Waals surface area contributed by atoms with Crippen LogP contribution in [0.25, 0.3) is 11.4 Å². The number of amides is 2. The first-order chi connectivity index (χ1) is 15.9. The summed E-state index contributed by atoms with van der Waals surface area (Å²) in [5.41, 5.74) is 1.70. The van der Waals surface area contributed by atoms with Crippen molar-refractivity contribution >= 4 is 18.1 Å². The molecule has 0 aliphatic heterocycles. The van der Waals surface area contributed by atoms with E-state index in [0.717, 1.165) is 11.1 Å². The number of hydrogen-bond acceptors (Lipinski definition) is 5. The van der Waals surface area contributed by atoms with Crippen LogP contribution in [0.3, 0.4) is 0 Å². The predicted molar refractivity (Wildman–Crippen MR) is 123 cm³/mol. The lowest BCUT2D eigenvalue weighted by Gasteiger charge is -2.20. The molecule has 2 aromatic carbocycles. The summed E-state index contributed by atoms with van der Waals surface area (Å²) in [5, 5.41) is 9.16. The Morgan fingerprint density at radius 3 is 2.39 bits per heavy atom. The summed E-state index contributed by atoms with van der Waals surface area (Å²) in [4.78, 5) is 32.5. The number of aromatic nitrogens is 2. The van der Waals surface area contributed by atoms with Crippen LogP contribution in [0.2, 0.25) is 0 Å². The van der Waals surface area contributed by atoms with Crippen molar-refractivity contribution in [1.82, 2.24) is 14.5 Å². The van der Waals surface area contributed by atoms with Crippen molar-refractivity contribution in [2.24, 2.45) is 0 Å². The third-order valence-corrected chi connectivity index (χ3v) is 5.24. The molecular weight excluding hydrogens is 427 g/mol. The number of aliphatic hydroxyl groups excluding tert-OH is 1. The lowest BCUT2D eigenvalue weighted by Crippen LogP contribution is -2.32. The molecule has 1 heterocycles. The number of imidazole rings is 1. The Bertz CT molecular complexity index is 1100. The fourth-order valence-corrected chi connectivity index (χ4v) is 3.42. The van der Waals surface area contributed by atoms with Crippen molar-refractivity contribution in [1.29, 1.82) is 0 Å². The van der Waals surface area contributed by atoms with Crippen molar-refractivity contribution in [3.05, 3.63) is 65.6 Å². The van der Waals surface area contributed by atoms with Crippen LogP contribution < -0.4 is 9.64 Å². The molecule has 8 nitrogen and oxygen atoms in total. The molecule has 0 bridgehead atoms. The largest absolute Gasteiger partial charge is 0.497 e. The quantitative estimate of drug-likeness (QED) is 0.476. The van der Waals surface area contributed by atoms with E-state index >= 15 is 0 Å². The van der Waals surface area contributed by atoms with Gasteiger partial charge in [-0.3, -0.25) is 9.59 Å². The Hall–Kier alpha value is -3.72. The van der Waals surface area contributed by atoms with Crippen LogP contribution in [0.4, 0.5) is 10.2 Å². The van der Waals surface area contributed by atoms with E-state index in [0.29, 0.717) is 30.9 Å². The highest BCUT2D eigenvalue weighted by Gasteiger charge is 2.28. The van der Waals surface area contributed by atoms with Gasteiger partial charge in [0.05, 0.1) is 7.11 Å². The topological polar surface area (TPSA) is 87.9 Å². The zero-order valence-electron chi connectivity index (χ0n) is 18.9. The van der Waals surface area contributed by atoms with Crippen LogP contribution in [0.1, 0.15) is 22.5 Å². The number of nitrogens with zero attached hydrogens (tertiary/aromatic N) is 4. The molecule has 0 saturated heterocycles. The van der Waals surface area contributed by atoms with Crippen LogP contribution in [0.15, 0.2) is 48.5 Å². The number of halogens is 1. The van der Waals surface area contributed by atoms with Crippen LogP contribution in [0.5, 0.6) is 5.75 Å². The summed E-state index contributed by atoms with van der Waals surface area (Å²) in [7, 11) is 4.73. The van der Waals surface area contributed by atoms with Gasteiger partial charge in [-0.1, -0.05) is 12.1 Å². The van der Waals surface area contributed by atoms with Crippen molar-refractivity contribution < 1.29 is 23.8 Å². The Morgan fingerprint density at radius 2 is 1.82 bits per heavy atom. The number of carbonyl (C=O) groups excluding carboxylic acids is 2. The standard InChI is InChI=1S/C24H27FN4O4/c1-27(13-4-14-30)24(32)21-23(28(2)16-31)26-22(18-7-11-20(33-3)12-8-18)29(21)15-17-5-9-19(25)10-6-17/h5-12,16,30H,4,13-15H2,1-3H3. The zero-order chi connectivity index (χ0) is 24.0. The van der Waals surface area contributed by atoms with Crippen molar-refractivity contribution in [2.45, 2.75) is 13.0 Å². The van der Waals surface area contributed by atoms with Gasteiger partial charge in [0.2, 0.25) is 6.41 Å². The van der Waals surface area contributed by atoms with E-state index in [9.17, 15) is 14.0 Å². The van der Waals surface area contributed by atoms with E-state index in [1.165, 1.54) is 29.0 Å². The molecule has 0 atom stereocenters. The number of methoxy groups -OCH3 is 1. The number of hydrogen-bond donors (Lipinski definition) is 1. The van der Waals surface area contributed by atoms with Crippen molar-refractivity contribution in [3.8, 4) is 17.1 Å². The molecule has 3 aromatic rings. The number of carbonyl (C=O) groups is 2. The molecule has 33 heavy (non-hydrogen) atoms. The van der Waals surface area contributed by atoms with Gasteiger partial charge in [0.25, 0.3) is 5.91 Å². The Kier molecular flexibility index (Phi) is 7.78. The first kappa shape index (κ1) is 23.9. The second-order valence-electron chi connectivity index (χ2n) is 7.57. The van der Waals surface area contributed by atoms with Gasteiger partial charge in [-0.05, 0) is 48.4 Å². The second kappa shape index (κ2) is 10.7. The monoisotopic (exact) mass is 454 g/mol. The van der Waals surface area contributed by atoms with Crippen LogP contribution in [0, 0.1) is 5.82 Å². The molecule has 0 aliphatic carbocycles. The SMILES string of the molecule is COc1ccc(-c2nc(N(C)C=O)c(C(=O)N(C)CCCO)n2Cc2ccc(F)cc2)cc1. The van der Waals surface area contributed by atoms with Crippen LogP contribution in [-0.2, 0) is 11.3 Å². The Labute approximate surface area is 191 Å². The number of anilines is 1. The molecule has 0 spiro atoms. The molecule has 0 aliphatic rings. The summed E-state index contributed by atoms with van der Waals surface area (Å²) in [6, 6.07) is 13.2.